The molecule has 0 aliphatic carbocycles. The second-order valence-corrected chi connectivity index (χ2v) is 4.64. The van der Waals surface area contributed by atoms with Crippen LogP contribution in [0.2, 0.25) is 0 Å². The van der Waals surface area contributed by atoms with Gasteiger partial charge in [-0.15, -0.1) is 0 Å². The molecule has 0 heterocycles. The van der Waals surface area contributed by atoms with Gasteiger partial charge in [0.25, 0.3) is 0 Å². The summed E-state index contributed by atoms with van der Waals surface area (Å²) in [6.07, 6.45) is 0. The summed E-state index contributed by atoms with van der Waals surface area (Å²) in [6, 6.07) is 16.4. The van der Waals surface area contributed by atoms with E-state index in [9.17, 15) is 0 Å². The summed E-state index contributed by atoms with van der Waals surface area (Å²) in [5.41, 5.74) is 9.37. The molecule has 1 atom stereocenters. The van der Waals surface area contributed by atoms with E-state index in [1.165, 1.54) is 11.1 Å². The molecule has 0 saturated carbocycles. The minimum Gasteiger partial charge on any atom is -0.489 e. The molecule has 0 radical (unpaired) electrons. The molecule has 0 spiro atoms. The van der Waals surface area contributed by atoms with Crippen molar-refractivity contribution in [1.82, 2.24) is 0 Å². The average Bonchev–Trinajstić information content (AvgIpc) is 2.37. The first-order valence-electron chi connectivity index (χ1n) is 6.19. The predicted octanol–water partition coefficient (Wildman–Crippen LogP) is 3.59. The fraction of sp³-hybridized carbons (Fsp3) is 0.250. The largest absolute Gasteiger partial charge is 0.489 e. The van der Waals surface area contributed by atoms with Crippen LogP contribution in [0.3, 0.4) is 0 Å². The van der Waals surface area contributed by atoms with Crippen LogP contribution in [0.1, 0.15) is 29.7 Å². The highest BCUT2D eigenvalue weighted by molar-refractivity contribution is 5.29. The van der Waals surface area contributed by atoms with Crippen LogP contribution in [-0.2, 0) is 6.61 Å². The van der Waals surface area contributed by atoms with Crippen LogP contribution in [0.25, 0.3) is 0 Å². The minimum absolute atomic E-state index is 0.0656. The molecule has 2 aromatic carbocycles. The van der Waals surface area contributed by atoms with Crippen molar-refractivity contribution in [2.45, 2.75) is 26.5 Å². The lowest BCUT2D eigenvalue weighted by molar-refractivity contribution is 0.306. The second kappa shape index (κ2) is 5.69. The van der Waals surface area contributed by atoms with E-state index in [1.54, 1.807) is 0 Å². The number of hydrogen-bond donors (Lipinski definition) is 1. The molecule has 0 aliphatic heterocycles. The molecule has 0 saturated heterocycles. The number of benzene rings is 2. The zero-order valence-corrected chi connectivity index (χ0v) is 10.9. The van der Waals surface area contributed by atoms with E-state index < -0.39 is 0 Å². The average molecular weight is 241 g/mol. The van der Waals surface area contributed by atoms with Crippen LogP contribution in [0.4, 0.5) is 0 Å². The summed E-state index contributed by atoms with van der Waals surface area (Å²) in [7, 11) is 0. The molecule has 0 amide bonds. The maximum Gasteiger partial charge on any atom is 0.119 e. The van der Waals surface area contributed by atoms with Gasteiger partial charge in [-0.25, -0.2) is 0 Å². The van der Waals surface area contributed by atoms with Gasteiger partial charge in [-0.1, -0.05) is 42.0 Å². The normalized spacial score (nSPS) is 12.2. The fourth-order valence-electron chi connectivity index (χ4n) is 1.84. The van der Waals surface area contributed by atoms with Crippen molar-refractivity contribution in [3.05, 3.63) is 65.2 Å². The van der Waals surface area contributed by atoms with E-state index in [4.69, 9.17) is 10.5 Å². The Morgan fingerprint density at radius 2 is 1.83 bits per heavy atom. The lowest BCUT2D eigenvalue weighted by Gasteiger charge is -2.09. The Morgan fingerprint density at radius 3 is 2.44 bits per heavy atom. The molecule has 0 aromatic heterocycles. The Hall–Kier alpha value is -1.80. The third kappa shape index (κ3) is 3.34. The minimum atomic E-state index is 0.0656. The maximum absolute atomic E-state index is 5.80. The third-order valence-electron chi connectivity index (χ3n) is 2.89. The zero-order valence-electron chi connectivity index (χ0n) is 10.9. The van der Waals surface area contributed by atoms with Gasteiger partial charge in [0.05, 0.1) is 0 Å². The molecule has 2 N–H and O–H groups in total. The fourth-order valence-corrected chi connectivity index (χ4v) is 1.84. The number of nitrogens with two attached hydrogens (primary N) is 1. The Bertz CT molecular complexity index is 503. The van der Waals surface area contributed by atoms with Gasteiger partial charge in [-0.05, 0) is 37.1 Å². The van der Waals surface area contributed by atoms with E-state index >= 15 is 0 Å². The van der Waals surface area contributed by atoms with Gasteiger partial charge in [0.15, 0.2) is 0 Å². The van der Waals surface area contributed by atoms with Crippen molar-refractivity contribution in [1.29, 1.82) is 0 Å². The van der Waals surface area contributed by atoms with Gasteiger partial charge in [-0.2, -0.15) is 0 Å². The number of hydrogen-bond acceptors (Lipinski definition) is 2. The van der Waals surface area contributed by atoms with Gasteiger partial charge < -0.3 is 10.5 Å². The highest BCUT2D eigenvalue weighted by Crippen LogP contribution is 2.17. The Labute approximate surface area is 108 Å². The van der Waals surface area contributed by atoms with Gasteiger partial charge >= 0.3 is 0 Å². The SMILES string of the molecule is Cc1cccc(COc2ccc([C@@H](C)N)cc2)c1. The van der Waals surface area contributed by atoms with Crippen molar-refractivity contribution in [3.8, 4) is 5.75 Å². The standard InChI is InChI=1S/C16H19NO/c1-12-4-3-5-14(10-12)11-18-16-8-6-15(7-9-16)13(2)17/h3-10,13H,11,17H2,1-2H3/t13-/m1/s1. The van der Waals surface area contributed by atoms with E-state index in [0.717, 1.165) is 11.3 Å². The maximum atomic E-state index is 5.80. The zero-order chi connectivity index (χ0) is 13.0. The highest BCUT2D eigenvalue weighted by Gasteiger charge is 2.00. The number of ether oxygens (including phenoxy) is 1. The molecule has 2 heteroatoms. The smallest absolute Gasteiger partial charge is 0.119 e. The molecule has 0 aliphatic rings. The third-order valence-corrected chi connectivity index (χ3v) is 2.89. The first kappa shape index (κ1) is 12.7. The quantitative estimate of drug-likeness (QED) is 0.887. The van der Waals surface area contributed by atoms with Crippen LogP contribution in [-0.4, -0.2) is 0 Å². The monoisotopic (exact) mass is 241 g/mol. The van der Waals surface area contributed by atoms with Crippen LogP contribution in [0.15, 0.2) is 48.5 Å². The summed E-state index contributed by atoms with van der Waals surface area (Å²) < 4.78 is 5.74. The second-order valence-electron chi connectivity index (χ2n) is 4.64. The van der Waals surface area contributed by atoms with Crippen molar-refractivity contribution >= 4 is 0 Å². The first-order chi connectivity index (χ1) is 8.65. The summed E-state index contributed by atoms with van der Waals surface area (Å²) in [4.78, 5) is 0. The predicted molar refractivity (Wildman–Crippen MR) is 74.6 cm³/mol. The Kier molecular flexibility index (Phi) is 4.00. The lowest BCUT2D eigenvalue weighted by Crippen LogP contribution is -2.04. The van der Waals surface area contributed by atoms with E-state index in [1.807, 2.05) is 37.3 Å². The summed E-state index contributed by atoms with van der Waals surface area (Å²) in [6.45, 7) is 4.66. The topological polar surface area (TPSA) is 35.2 Å². The molecule has 2 nitrogen and oxygen atoms in total. The van der Waals surface area contributed by atoms with Gasteiger partial charge in [0, 0.05) is 6.04 Å². The van der Waals surface area contributed by atoms with E-state index in [2.05, 4.69) is 25.1 Å². The lowest BCUT2D eigenvalue weighted by atomic mass is 10.1. The van der Waals surface area contributed by atoms with Crippen LogP contribution in [0.5, 0.6) is 5.75 Å². The summed E-state index contributed by atoms with van der Waals surface area (Å²) >= 11 is 0. The van der Waals surface area contributed by atoms with Gasteiger partial charge in [0.2, 0.25) is 0 Å². The Morgan fingerprint density at radius 1 is 1.11 bits per heavy atom. The molecule has 0 fully saturated rings. The molecule has 94 valence electrons. The first-order valence-corrected chi connectivity index (χ1v) is 6.19. The molecular formula is C16H19NO. The van der Waals surface area contributed by atoms with Crippen molar-refractivity contribution in [2.24, 2.45) is 5.73 Å². The van der Waals surface area contributed by atoms with Crippen molar-refractivity contribution in [3.63, 3.8) is 0 Å². The Balaban J connectivity index is 1.98. The van der Waals surface area contributed by atoms with Crippen molar-refractivity contribution < 1.29 is 4.74 Å². The molecule has 2 aromatic rings. The van der Waals surface area contributed by atoms with Crippen molar-refractivity contribution in [2.75, 3.05) is 0 Å². The molecule has 0 bridgehead atoms. The summed E-state index contributed by atoms with van der Waals surface area (Å²) in [5, 5.41) is 0. The highest BCUT2D eigenvalue weighted by atomic mass is 16.5. The van der Waals surface area contributed by atoms with Crippen LogP contribution < -0.4 is 10.5 Å². The van der Waals surface area contributed by atoms with E-state index in [-0.39, 0.29) is 6.04 Å². The van der Waals surface area contributed by atoms with Crippen LogP contribution >= 0.6 is 0 Å². The molecule has 0 unspecified atom stereocenters. The summed E-state index contributed by atoms with van der Waals surface area (Å²) in [5.74, 6) is 0.876. The molecular weight excluding hydrogens is 222 g/mol. The van der Waals surface area contributed by atoms with Gasteiger partial charge in [-0.3, -0.25) is 0 Å². The van der Waals surface area contributed by atoms with Crippen LogP contribution in [0, 0.1) is 6.92 Å². The molecule has 18 heavy (non-hydrogen) atoms. The molecule has 2 rings (SSSR count). The van der Waals surface area contributed by atoms with Gasteiger partial charge in [0.1, 0.15) is 12.4 Å². The van der Waals surface area contributed by atoms with E-state index in [0.29, 0.717) is 6.61 Å². The number of aryl methyl sites for hydroxylation is 1. The number of rotatable bonds is 4.